The fraction of sp³-hybridized carbons (Fsp3) is 0.0270. The standard InChI is InChI=1S/C37H24BrN/c38-35-20-10-11-21-36(35)39(25-12-2-1-3-13-25)26-22-23-30-29-16-6-9-19-33(29)37(34(30)24-26)31-17-7-4-14-27(31)28-15-5-8-18-32(28)37/h1-24H. The molecule has 2 heteroatoms. The maximum Gasteiger partial charge on any atom is 0.0726 e. The number of fused-ring (bicyclic) bond motifs is 10. The molecular formula is C37H24BrN. The molecule has 0 heterocycles. The van der Waals surface area contributed by atoms with Crippen LogP contribution < -0.4 is 4.90 Å². The van der Waals surface area contributed by atoms with E-state index in [1.54, 1.807) is 0 Å². The van der Waals surface area contributed by atoms with Crippen LogP contribution in [0.5, 0.6) is 0 Å². The molecule has 0 amide bonds. The minimum Gasteiger partial charge on any atom is -0.309 e. The Labute approximate surface area is 237 Å². The van der Waals surface area contributed by atoms with Gasteiger partial charge >= 0.3 is 0 Å². The third-order valence-electron chi connectivity index (χ3n) is 8.35. The van der Waals surface area contributed by atoms with Gasteiger partial charge in [0.2, 0.25) is 0 Å². The second kappa shape index (κ2) is 8.56. The normalized spacial score (nSPS) is 13.5. The van der Waals surface area contributed by atoms with Crippen molar-refractivity contribution in [3.63, 3.8) is 0 Å². The first-order valence-electron chi connectivity index (χ1n) is 13.3. The van der Waals surface area contributed by atoms with Crippen LogP contribution in [0.4, 0.5) is 17.1 Å². The number of nitrogens with zero attached hydrogens (tertiary/aromatic N) is 1. The van der Waals surface area contributed by atoms with Crippen molar-refractivity contribution in [2.75, 3.05) is 4.90 Å². The Balaban J connectivity index is 1.46. The largest absolute Gasteiger partial charge is 0.309 e. The Morgan fingerprint density at radius 3 is 1.49 bits per heavy atom. The van der Waals surface area contributed by atoms with Crippen LogP contribution in [0.2, 0.25) is 0 Å². The van der Waals surface area contributed by atoms with Crippen LogP contribution in [0.25, 0.3) is 22.3 Å². The van der Waals surface area contributed by atoms with Crippen LogP contribution in [-0.4, -0.2) is 0 Å². The fourth-order valence-electron chi connectivity index (χ4n) is 6.86. The molecule has 1 nitrogen and oxygen atoms in total. The van der Waals surface area contributed by atoms with Gasteiger partial charge in [-0.15, -0.1) is 0 Å². The maximum absolute atomic E-state index is 3.84. The summed E-state index contributed by atoms with van der Waals surface area (Å²) in [5, 5.41) is 0. The average molecular weight is 563 g/mol. The Hall–Kier alpha value is -4.40. The summed E-state index contributed by atoms with van der Waals surface area (Å²) in [6.07, 6.45) is 0. The molecule has 6 aromatic rings. The molecule has 0 fully saturated rings. The van der Waals surface area contributed by atoms with E-state index >= 15 is 0 Å². The highest BCUT2D eigenvalue weighted by Crippen LogP contribution is 2.63. The van der Waals surface area contributed by atoms with Crippen molar-refractivity contribution >= 4 is 33.0 Å². The first kappa shape index (κ1) is 22.6. The van der Waals surface area contributed by atoms with Crippen molar-refractivity contribution in [1.82, 2.24) is 0 Å². The Morgan fingerprint density at radius 1 is 0.410 bits per heavy atom. The number of halogens is 1. The van der Waals surface area contributed by atoms with Gasteiger partial charge in [0, 0.05) is 15.8 Å². The predicted molar refractivity (Wildman–Crippen MR) is 165 cm³/mol. The van der Waals surface area contributed by atoms with Crippen molar-refractivity contribution in [1.29, 1.82) is 0 Å². The van der Waals surface area contributed by atoms with Crippen molar-refractivity contribution < 1.29 is 0 Å². The number of hydrogen-bond acceptors (Lipinski definition) is 1. The molecule has 0 aliphatic heterocycles. The molecular weight excluding hydrogens is 538 g/mol. The van der Waals surface area contributed by atoms with Crippen molar-refractivity contribution in [3.05, 3.63) is 172 Å². The molecule has 0 aromatic heterocycles. The molecule has 0 radical (unpaired) electrons. The highest BCUT2D eigenvalue weighted by atomic mass is 79.9. The maximum atomic E-state index is 3.84. The lowest BCUT2D eigenvalue weighted by Gasteiger charge is -2.32. The molecule has 8 rings (SSSR count). The van der Waals surface area contributed by atoms with Crippen LogP contribution in [0.3, 0.4) is 0 Å². The van der Waals surface area contributed by atoms with Gasteiger partial charge in [-0.05, 0) is 96.8 Å². The molecule has 2 aliphatic carbocycles. The molecule has 1 spiro atoms. The van der Waals surface area contributed by atoms with Crippen LogP contribution in [0, 0.1) is 0 Å². The Kier molecular flexibility index (Phi) is 4.95. The van der Waals surface area contributed by atoms with Crippen LogP contribution in [-0.2, 0) is 5.41 Å². The lowest BCUT2D eigenvalue weighted by Crippen LogP contribution is -2.26. The van der Waals surface area contributed by atoms with Crippen LogP contribution >= 0.6 is 15.9 Å². The van der Waals surface area contributed by atoms with E-state index in [4.69, 9.17) is 0 Å². The van der Waals surface area contributed by atoms with E-state index in [1.807, 2.05) is 0 Å². The van der Waals surface area contributed by atoms with Crippen LogP contribution in [0.1, 0.15) is 22.3 Å². The third kappa shape index (κ3) is 3.07. The molecule has 184 valence electrons. The average Bonchev–Trinajstić information content (AvgIpc) is 3.46. The molecule has 39 heavy (non-hydrogen) atoms. The fourth-order valence-corrected chi connectivity index (χ4v) is 7.32. The molecule has 0 saturated heterocycles. The summed E-state index contributed by atoms with van der Waals surface area (Å²) in [4.78, 5) is 2.35. The smallest absolute Gasteiger partial charge is 0.0726 e. The number of anilines is 3. The van der Waals surface area contributed by atoms with Gasteiger partial charge in [0.05, 0.1) is 11.1 Å². The Morgan fingerprint density at radius 2 is 0.897 bits per heavy atom. The highest BCUT2D eigenvalue weighted by molar-refractivity contribution is 9.10. The summed E-state index contributed by atoms with van der Waals surface area (Å²) in [6.45, 7) is 0. The molecule has 0 atom stereocenters. The minimum absolute atomic E-state index is 0.356. The molecule has 2 aliphatic rings. The first-order valence-corrected chi connectivity index (χ1v) is 14.1. The predicted octanol–water partition coefficient (Wildman–Crippen LogP) is 10.3. The van der Waals surface area contributed by atoms with Gasteiger partial charge in [-0.1, -0.05) is 109 Å². The van der Waals surface area contributed by atoms with E-state index < -0.39 is 0 Å². The summed E-state index contributed by atoms with van der Waals surface area (Å²) < 4.78 is 1.06. The van der Waals surface area contributed by atoms with E-state index in [0.717, 1.165) is 21.5 Å². The zero-order valence-corrected chi connectivity index (χ0v) is 22.8. The molecule has 0 saturated carbocycles. The van der Waals surface area contributed by atoms with E-state index in [1.165, 1.54) is 44.5 Å². The second-order valence-corrected chi connectivity index (χ2v) is 11.1. The Bertz CT molecular complexity index is 1820. The zero-order chi connectivity index (χ0) is 26.0. The lowest BCUT2D eigenvalue weighted by molar-refractivity contribution is 0.793. The van der Waals surface area contributed by atoms with E-state index in [-0.39, 0.29) is 5.41 Å². The van der Waals surface area contributed by atoms with Crippen molar-refractivity contribution in [2.45, 2.75) is 5.41 Å². The van der Waals surface area contributed by atoms with Gasteiger partial charge in [-0.3, -0.25) is 0 Å². The van der Waals surface area contributed by atoms with Gasteiger partial charge in [0.25, 0.3) is 0 Å². The van der Waals surface area contributed by atoms with Crippen LogP contribution in [0.15, 0.2) is 150 Å². The molecule has 0 unspecified atom stereocenters. The summed E-state index contributed by atoms with van der Waals surface area (Å²) >= 11 is 3.84. The monoisotopic (exact) mass is 561 g/mol. The van der Waals surface area contributed by atoms with Gasteiger partial charge in [-0.2, -0.15) is 0 Å². The van der Waals surface area contributed by atoms with E-state index in [2.05, 4.69) is 166 Å². The lowest BCUT2D eigenvalue weighted by atomic mass is 9.70. The highest BCUT2D eigenvalue weighted by Gasteiger charge is 2.51. The summed E-state index contributed by atoms with van der Waals surface area (Å²) in [5.74, 6) is 0. The molecule has 0 N–H and O–H groups in total. The quantitative estimate of drug-likeness (QED) is 0.207. The SMILES string of the molecule is Brc1ccccc1N(c1ccccc1)c1ccc2c(c1)C1(c3ccccc3-c3ccccc31)c1ccccc1-2. The summed E-state index contributed by atoms with van der Waals surface area (Å²) in [7, 11) is 0. The van der Waals surface area contributed by atoms with Crippen molar-refractivity contribution in [3.8, 4) is 22.3 Å². The third-order valence-corrected chi connectivity index (χ3v) is 9.02. The van der Waals surface area contributed by atoms with Crippen molar-refractivity contribution in [2.24, 2.45) is 0 Å². The second-order valence-electron chi connectivity index (χ2n) is 10.2. The van der Waals surface area contributed by atoms with Gasteiger partial charge < -0.3 is 4.90 Å². The number of rotatable bonds is 3. The van der Waals surface area contributed by atoms with E-state index in [0.29, 0.717) is 0 Å². The van der Waals surface area contributed by atoms with Gasteiger partial charge in [-0.25, -0.2) is 0 Å². The first-order chi connectivity index (χ1) is 19.3. The number of hydrogen-bond donors (Lipinski definition) is 0. The summed E-state index contributed by atoms with van der Waals surface area (Å²) in [5.41, 5.74) is 13.7. The van der Waals surface area contributed by atoms with Gasteiger partial charge in [0.1, 0.15) is 0 Å². The molecule has 0 bridgehead atoms. The number of para-hydroxylation sites is 2. The van der Waals surface area contributed by atoms with Gasteiger partial charge in [0.15, 0.2) is 0 Å². The summed E-state index contributed by atoms with van der Waals surface area (Å²) in [6, 6.07) is 53.0. The number of benzene rings is 6. The molecule has 6 aromatic carbocycles. The zero-order valence-electron chi connectivity index (χ0n) is 21.2. The minimum atomic E-state index is -0.356. The topological polar surface area (TPSA) is 3.24 Å². The van der Waals surface area contributed by atoms with E-state index in [9.17, 15) is 0 Å².